The molecule has 0 fully saturated rings. The van der Waals surface area contributed by atoms with Crippen molar-refractivity contribution in [1.82, 2.24) is 14.8 Å². The molecule has 180 valence electrons. The van der Waals surface area contributed by atoms with Crippen molar-refractivity contribution in [3.63, 3.8) is 0 Å². The quantitative estimate of drug-likeness (QED) is 0.329. The Morgan fingerprint density at radius 2 is 2.21 bits per heavy atom. The third kappa shape index (κ3) is 5.26. The van der Waals surface area contributed by atoms with Gasteiger partial charge < -0.3 is 9.73 Å². The molecule has 10 heteroatoms. The molecule has 1 N–H and O–H groups in total. The van der Waals surface area contributed by atoms with Crippen LogP contribution in [0.4, 0.5) is 5.00 Å². The molecule has 3 heterocycles. The Labute approximate surface area is 216 Å². The lowest BCUT2D eigenvalue weighted by Crippen LogP contribution is -2.26. The SMILES string of the molecule is CCCn1c(SCC(=O)Nc2sc3c(c2C#N)CCC(C(C)(C)C)C3)nnc1-c1ccc(Br)o1. The Bertz CT molecular complexity index is 1230. The average Bonchev–Trinajstić information content (AvgIpc) is 3.47. The van der Waals surface area contributed by atoms with Crippen LogP contribution < -0.4 is 5.32 Å². The Morgan fingerprint density at radius 3 is 2.85 bits per heavy atom. The Morgan fingerprint density at radius 1 is 1.41 bits per heavy atom. The predicted octanol–water partition coefficient (Wildman–Crippen LogP) is 6.53. The number of anilines is 1. The summed E-state index contributed by atoms with van der Waals surface area (Å²) in [4.78, 5) is 14.1. The minimum Gasteiger partial charge on any atom is -0.446 e. The number of hydrogen-bond acceptors (Lipinski definition) is 7. The van der Waals surface area contributed by atoms with Gasteiger partial charge in [0.25, 0.3) is 0 Å². The van der Waals surface area contributed by atoms with Crippen LogP contribution in [0.2, 0.25) is 0 Å². The van der Waals surface area contributed by atoms with Gasteiger partial charge in [-0.1, -0.05) is 39.5 Å². The number of hydrogen-bond donors (Lipinski definition) is 1. The number of thiophene rings is 1. The number of fused-ring (bicyclic) bond motifs is 1. The molecule has 1 aliphatic rings. The van der Waals surface area contributed by atoms with E-state index in [0.29, 0.717) is 37.9 Å². The topological polar surface area (TPSA) is 96.7 Å². The molecule has 7 nitrogen and oxygen atoms in total. The zero-order valence-corrected chi connectivity index (χ0v) is 23.0. The highest BCUT2D eigenvalue weighted by molar-refractivity contribution is 9.10. The molecule has 0 aromatic carbocycles. The lowest BCUT2D eigenvalue weighted by Gasteiger charge is -2.33. The van der Waals surface area contributed by atoms with E-state index in [9.17, 15) is 10.1 Å². The van der Waals surface area contributed by atoms with Crippen LogP contribution in [0, 0.1) is 22.7 Å². The number of thioether (sulfide) groups is 1. The van der Waals surface area contributed by atoms with Gasteiger partial charge >= 0.3 is 0 Å². The van der Waals surface area contributed by atoms with Crippen LogP contribution in [-0.4, -0.2) is 26.4 Å². The zero-order valence-electron chi connectivity index (χ0n) is 19.8. The van der Waals surface area contributed by atoms with Gasteiger partial charge in [0.2, 0.25) is 11.7 Å². The Balaban J connectivity index is 1.46. The molecule has 3 aromatic heterocycles. The van der Waals surface area contributed by atoms with Gasteiger partial charge in [-0.3, -0.25) is 9.36 Å². The van der Waals surface area contributed by atoms with Gasteiger partial charge in [0, 0.05) is 11.4 Å². The fourth-order valence-electron chi connectivity index (χ4n) is 4.26. The van der Waals surface area contributed by atoms with E-state index in [1.807, 2.05) is 16.7 Å². The van der Waals surface area contributed by atoms with Crippen LogP contribution in [-0.2, 0) is 24.2 Å². The molecule has 1 unspecified atom stereocenters. The van der Waals surface area contributed by atoms with Gasteiger partial charge in [0.05, 0.1) is 11.3 Å². The van der Waals surface area contributed by atoms with E-state index in [2.05, 4.69) is 65.2 Å². The van der Waals surface area contributed by atoms with E-state index in [0.717, 1.165) is 37.8 Å². The first-order valence-electron chi connectivity index (χ1n) is 11.4. The molecule has 3 aromatic rings. The summed E-state index contributed by atoms with van der Waals surface area (Å²) in [5.74, 6) is 1.88. The minimum atomic E-state index is -0.152. The van der Waals surface area contributed by atoms with Crippen LogP contribution in [0.3, 0.4) is 0 Å². The van der Waals surface area contributed by atoms with Crippen LogP contribution in [0.1, 0.15) is 56.5 Å². The Hall–Kier alpha value is -2.09. The second-order valence-electron chi connectivity index (χ2n) is 9.52. The summed E-state index contributed by atoms with van der Waals surface area (Å²) in [6.45, 7) is 9.61. The average molecular weight is 563 g/mol. The number of nitriles is 1. The van der Waals surface area contributed by atoms with Gasteiger partial charge in [-0.05, 0) is 70.6 Å². The smallest absolute Gasteiger partial charge is 0.235 e. The summed E-state index contributed by atoms with van der Waals surface area (Å²) in [6.07, 6.45) is 3.84. The number of carbonyl (C=O) groups is 1. The number of nitrogens with zero attached hydrogens (tertiary/aromatic N) is 4. The molecule has 4 rings (SSSR count). The lowest BCUT2D eigenvalue weighted by molar-refractivity contribution is -0.113. The molecule has 1 amide bonds. The number of furan rings is 1. The number of carbonyl (C=O) groups excluding carboxylic acids is 1. The second kappa shape index (κ2) is 10.3. The van der Waals surface area contributed by atoms with E-state index < -0.39 is 0 Å². The first kappa shape index (κ1) is 25.0. The highest BCUT2D eigenvalue weighted by Gasteiger charge is 2.32. The number of aromatic nitrogens is 3. The molecule has 0 saturated carbocycles. The number of nitrogens with one attached hydrogen (secondary N) is 1. The molecule has 0 aliphatic heterocycles. The van der Waals surface area contributed by atoms with Gasteiger partial charge in [-0.25, -0.2) is 0 Å². The Kier molecular flexibility index (Phi) is 7.55. The van der Waals surface area contributed by atoms with Crippen molar-refractivity contribution in [3.8, 4) is 17.7 Å². The summed E-state index contributed by atoms with van der Waals surface area (Å²) in [5, 5.41) is 22.7. The molecule has 0 bridgehead atoms. The van der Waals surface area contributed by atoms with E-state index in [1.165, 1.54) is 16.6 Å². The molecule has 34 heavy (non-hydrogen) atoms. The molecule has 1 aliphatic carbocycles. The van der Waals surface area contributed by atoms with Gasteiger partial charge in [0.15, 0.2) is 15.6 Å². The standard InChI is InChI=1S/C24H28BrN5O2S2/c1-5-10-30-21(17-8-9-19(25)32-17)28-29-23(30)33-13-20(31)27-22-16(12-26)15-7-6-14(24(2,3)4)11-18(15)34-22/h8-9,14H,5-7,10-11,13H2,1-4H3,(H,27,31). The van der Waals surface area contributed by atoms with Crippen molar-refractivity contribution in [2.75, 3.05) is 11.1 Å². The predicted molar refractivity (Wildman–Crippen MR) is 139 cm³/mol. The normalized spacial score (nSPS) is 15.7. The molecule has 0 saturated heterocycles. The molecule has 1 atom stereocenters. The molecule has 0 spiro atoms. The summed E-state index contributed by atoms with van der Waals surface area (Å²) >= 11 is 6.21. The van der Waals surface area contributed by atoms with Crippen molar-refractivity contribution in [2.45, 2.75) is 65.1 Å². The number of rotatable bonds is 7. The van der Waals surface area contributed by atoms with Crippen LogP contribution >= 0.6 is 39.0 Å². The fraction of sp³-hybridized carbons (Fsp3) is 0.500. The zero-order chi connectivity index (χ0) is 24.5. The molecular weight excluding hydrogens is 534 g/mol. The van der Waals surface area contributed by atoms with Gasteiger partial charge in [-0.15, -0.1) is 21.5 Å². The van der Waals surface area contributed by atoms with Crippen molar-refractivity contribution >= 4 is 49.9 Å². The highest BCUT2D eigenvalue weighted by atomic mass is 79.9. The first-order chi connectivity index (χ1) is 16.2. The van der Waals surface area contributed by atoms with Gasteiger partial charge in [0.1, 0.15) is 11.1 Å². The fourth-order valence-corrected chi connectivity index (χ4v) is 6.63. The van der Waals surface area contributed by atoms with Crippen LogP contribution in [0.15, 0.2) is 26.4 Å². The van der Waals surface area contributed by atoms with Crippen LogP contribution in [0.5, 0.6) is 0 Å². The summed E-state index contributed by atoms with van der Waals surface area (Å²) < 4.78 is 8.24. The maximum atomic E-state index is 12.8. The number of halogens is 1. The summed E-state index contributed by atoms with van der Waals surface area (Å²) in [6, 6.07) is 5.99. The summed E-state index contributed by atoms with van der Waals surface area (Å²) in [5.41, 5.74) is 1.98. The molecular formula is C24H28BrN5O2S2. The minimum absolute atomic E-state index is 0.152. The van der Waals surface area contributed by atoms with Crippen molar-refractivity contribution in [1.29, 1.82) is 5.26 Å². The van der Waals surface area contributed by atoms with E-state index >= 15 is 0 Å². The van der Waals surface area contributed by atoms with E-state index in [-0.39, 0.29) is 17.1 Å². The third-order valence-electron chi connectivity index (χ3n) is 6.14. The lowest BCUT2D eigenvalue weighted by atomic mass is 9.72. The summed E-state index contributed by atoms with van der Waals surface area (Å²) in [7, 11) is 0. The third-order valence-corrected chi connectivity index (χ3v) is 8.71. The van der Waals surface area contributed by atoms with E-state index in [1.54, 1.807) is 11.3 Å². The van der Waals surface area contributed by atoms with E-state index in [4.69, 9.17) is 4.42 Å². The first-order valence-corrected chi connectivity index (χ1v) is 14.0. The van der Waals surface area contributed by atoms with Crippen molar-refractivity contribution in [2.24, 2.45) is 11.3 Å². The van der Waals surface area contributed by atoms with Gasteiger partial charge in [-0.2, -0.15) is 5.26 Å². The number of amides is 1. The molecule has 0 radical (unpaired) electrons. The second-order valence-corrected chi connectivity index (χ2v) is 12.4. The largest absolute Gasteiger partial charge is 0.446 e. The maximum absolute atomic E-state index is 12.8. The monoisotopic (exact) mass is 561 g/mol. The van der Waals surface area contributed by atoms with Crippen molar-refractivity contribution < 1.29 is 9.21 Å². The van der Waals surface area contributed by atoms with Crippen LogP contribution in [0.25, 0.3) is 11.6 Å². The van der Waals surface area contributed by atoms with Crippen molar-refractivity contribution in [3.05, 3.63) is 32.8 Å². The maximum Gasteiger partial charge on any atom is 0.235 e. The highest BCUT2D eigenvalue weighted by Crippen LogP contribution is 2.44.